The van der Waals surface area contributed by atoms with Crippen LogP contribution in [0, 0.1) is 0 Å². The first-order valence-electron chi connectivity index (χ1n) is 17.5. The molecule has 238 valence electrons. The smallest absolute Gasteiger partial charge is 0.138 e. The third-order valence-electron chi connectivity index (χ3n) is 10.2. The third-order valence-corrected chi connectivity index (χ3v) is 10.2. The number of hydrogen-bond acceptors (Lipinski definition) is 1. The second-order valence-corrected chi connectivity index (χ2v) is 13.2. The van der Waals surface area contributed by atoms with E-state index in [-0.39, 0.29) is 0 Å². The molecule has 0 radical (unpaired) electrons. The summed E-state index contributed by atoms with van der Waals surface area (Å²) in [5, 5.41) is 7.45. The molecule has 0 saturated carbocycles. The van der Waals surface area contributed by atoms with Gasteiger partial charge in [-0.3, -0.25) is 0 Å². The van der Waals surface area contributed by atoms with Crippen LogP contribution in [-0.4, -0.2) is 9.97 Å². The lowest BCUT2D eigenvalue weighted by Crippen LogP contribution is -1.93. The van der Waals surface area contributed by atoms with Gasteiger partial charge >= 0.3 is 0 Å². The lowest BCUT2D eigenvalue weighted by atomic mass is 9.82. The largest absolute Gasteiger partial charge is 0.338 e. The van der Waals surface area contributed by atoms with Crippen LogP contribution in [0.5, 0.6) is 0 Å². The van der Waals surface area contributed by atoms with Gasteiger partial charge in [0.05, 0.1) is 11.0 Å². The Morgan fingerprint density at radius 3 is 1.76 bits per heavy atom. The fraction of sp³-hybridized carbons (Fsp3) is 0. The molecule has 0 fully saturated rings. The van der Waals surface area contributed by atoms with Crippen LogP contribution in [0.2, 0.25) is 0 Å². The molecule has 0 amide bonds. The number of para-hydroxylation sites is 2. The molecule has 1 aromatic heterocycles. The van der Waals surface area contributed by atoms with Crippen molar-refractivity contribution < 1.29 is 0 Å². The lowest BCUT2D eigenvalue weighted by molar-refractivity contribution is 1.34. The lowest BCUT2D eigenvalue weighted by Gasteiger charge is -2.20. The van der Waals surface area contributed by atoms with Gasteiger partial charge in [0.15, 0.2) is 0 Å². The molecule has 0 aliphatic carbocycles. The molecule has 1 heterocycles. The second-order valence-electron chi connectivity index (χ2n) is 13.2. The van der Waals surface area contributed by atoms with Crippen LogP contribution in [-0.2, 0) is 0 Å². The summed E-state index contributed by atoms with van der Waals surface area (Å²) in [5.41, 5.74) is 12.8. The van der Waals surface area contributed by atoms with Crippen molar-refractivity contribution in [2.45, 2.75) is 0 Å². The zero-order valence-corrected chi connectivity index (χ0v) is 27.8. The van der Waals surface area contributed by atoms with E-state index < -0.39 is 0 Å². The normalized spacial score (nSPS) is 11.5. The van der Waals surface area contributed by atoms with Crippen LogP contribution in [0.3, 0.4) is 0 Å². The maximum absolute atomic E-state index is 4.83. The molecule has 0 saturated heterocycles. The van der Waals surface area contributed by atoms with Crippen molar-refractivity contribution in [1.82, 2.24) is 9.97 Å². The second kappa shape index (κ2) is 12.0. The highest BCUT2D eigenvalue weighted by Gasteiger charge is 2.20. The van der Waals surface area contributed by atoms with Crippen molar-refractivity contribution in [3.8, 4) is 55.9 Å². The minimum Gasteiger partial charge on any atom is -0.338 e. The van der Waals surface area contributed by atoms with Crippen LogP contribution < -0.4 is 0 Å². The SMILES string of the molecule is c1ccc(-c2ccccc2-c2c3ccccc3c(-c3ccc4ccccc4c3)c3cc(-c4ccc(-c5nc6ccccc6[nH]5)cc4)ccc23)cc1. The predicted octanol–water partition coefficient (Wildman–Crippen LogP) is 13.4. The monoisotopic (exact) mass is 648 g/mol. The van der Waals surface area contributed by atoms with Gasteiger partial charge in [-0.1, -0.05) is 164 Å². The number of aromatic amines is 1. The summed E-state index contributed by atoms with van der Waals surface area (Å²) in [4.78, 5) is 8.31. The van der Waals surface area contributed by atoms with Crippen molar-refractivity contribution >= 4 is 43.4 Å². The van der Waals surface area contributed by atoms with E-state index in [2.05, 4.69) is 175 Å². The maximum atomic E-state index is 4.83. The van der Waals surface area contributed by atoms with Gasteiger partial charge in [-0.15, -0.1) is 0 Å². The molecule has 0 spiro atoms. The van der Waals surface area contributed by atoms with E-state index in [9.17, 15) is 0 Å². The van der Waals surface area contributed by atoms with Gasteiger partial charge in [-0.05, 0) is 101 Å². The number of hydrogen-bond donors (Lipinski definition) is 1. The Morgan fingerprint density at radius 2 is 0.941 bits per heavy atom. The van der Waals surface area contributed by atoms with Crippen molar-refractivity contribution in [3.05, 3.63) is 188 Å². The third kappa shape index (κ3) is 5.00. The topological polar surface area (TPSA) is 28.7 Å². The number of rotatable bonds is 5. The molecule has 51 heavy (non-hydrogen) atoms. The van der Waals surface area contributed by atoms with Crippen LogP contribution in [0.15, 0.2) is 188 Å². The standard InChI is InChI=1S/C49H32N2/c1-2-13-34(14-3-1)39-16-6-7-17-40(39)48-42-19-9-8-18-41(42)47(38-27-24-32-12-4-5-15-36(32)30-38)44-31-37(28-29-43(44)48)33-22-25-35(26-23-33)49-50-45-20-10-11-21-46(45)51-49/h1-31H,(H,50,51). The Morgan fingerprint density at radius 1 is 0.333 bits per heavy atom. The highest BCUT2D eigenvalue weighted by Crippen LogP contribution is 2.47. The predicted molar refractivity (Wildman–Crippen MR) is 216 cm³/mol. The van der Waals surface area contributed by atoms with E-state index in [1.807, 2.05) is 18.2 Å². The molecule has 0 atom stereocenters. The van der Waals surface area contributed by atoms with Crippen molar-refractivity contribution in [2.24, 2.45) is 0 Å². The van der Waals surface area contributed by atoms with E-state index in [1.54, 1.807) is 0 Å². The molecular weight excluding hydrogens is 617 g/mol. The number of nitrogens with zero attached hydrogens (tertiary/aromatic N) is 1. The minimum atomic E-state index is 0.882. The molecule has 9 aromatic carbocycles. The molecular formula is C49H32N2. The Balaban J connectivity index is 1.23. The van der Waals surface area contributed by atoms with Gasteiger partial charge in [0.2, 0.25) is 0 Å². The Bertz CT molecular complexity index is 2870. The zero-order valence-electron chi connectivity index (χ0n) is 27.8. The van der Waals surface area contributed by atoms with Crippen LogP contribution in [0.1, 0.15) is 0 Å². The summed E-state index contributed by atoms with van der Waals surface area (Å²) in [5.74, 6) is 0.882. The molecule has 10 rings (SSSR count). The van der Waals surface area contributed by atoms with Gasteiger partial charge in [0, 0.05) is 5.56 Å². The Kier molecular flexibility index (Phi) is 6.85. The highest BCUT2D eigenvalue weighted by molar-refractivity contribution is 6.23. The Hall–Kier alpha value is -6.77. The van der Waals surface area contributed by atoms with E-state index >= 15 is 0 Å². The summed E-state index contributed by atoms with van der Waals surface area (Å²) >= 11 is 0. The quantitative estimate of drug-likeness (QED) is 0.185. The van der Waals surface area contributed by atoms with Gasteiger partial charge in [-0.25, -0.2) is 4.98 Å². The molecule has 2 heteroatoms. The average molecular weight is 649 g/mol. The summed E-state index contributed by atoms with van der Waals surface area (Å²) < 4.78 is 0. The minimum absolute atomic E-state index is 0.882. The van der Waals surface area contributed by atoms with Crippen molar-refractivity contribution in [3.63, 3.8) is 0 Å². The van der Waals surface area contributed by atoms with E-state index in [1.165, 1.54) is 76.8 Å². The number of fused-ring (bicyclic) bond motifs is 4. The highest BCUT2D eigenvalue weighted by atomic mass is 14.9. The van der Waals surface area contributed by atoms with Crippen LogP contribution in [0.4, 0.5) is 0 Å². The van der Waals surface area contributed by atoms with Crippen LogP contribution in [0.25, 0.3) is 99.2 Å². The number of nitrogens with one attached hydrogen (secondary N) is 1. The van der Waals surface area contributed by atoms with E-state index in [0.717, 1.165) is 22.4 Å². The summed E-state index contributed by atoms with van der Waals surface area (Å²) in [6, 6.07) is 68.0. The fourth-order valence-electron chi connectivity index (χ4n) is 7.78. The first kappa shape index (κ1) is 29.2. The molecule has 0 aliphatic heterocycles. The number of H-pyrrole nitrogens is 1. The summed E-state index contributed by atoms with van der Waals surface area (Å²) in [7, 11) is 0. The first-order valence-corrected chi connectivity index (χ1v) is 17.5. The van der Waals surface area contributed by atoms with Gasteiger partial charge in [0.25, 0.3) is 0 Å². The first-order chi connectivity index (χ1) is 25.3. The van der Waals surface area contributed by atoms with E-state index in [4.69, 9.17) is 4.98 Å². The Labute approximate surface area is 296 Å². The molecule has 1 N–H and O–H groups in total. The zero-order chi connectivity index (χ0) is 33.7. The van der Waals surface area contributed by atoms with Crippen molar-refractivity contribution in [1.29, 1.82) is 0 Å². The number of imidazole rings is 1. The van der Waals surface area contributed by atoms with Gasteiger partial charge in [0.1, 0.15) is 5.82 Å². The molecule has 10 aromatic rings. The molecule has 0 aliphatic rings. The van der Waals surface area contributed by atoms with Gasteiger partial charge < -0.3 is 4.98 Å². The van der Waals surface area contributed by atoms with Crippen molar-refractivity contribution in [2.75, 3.05) is 0 Å². The summed E-state index contributed by atoms with van der Waals surface area (Å²) in [6.45, 7) is 0. The van der Waals surface area contributed by atoms with Crippen LogP contribution >= 0.6 is 0 Å². The van der Waals surface area contributed by atoms with Gasteiger partial charge in [-0.2, -0.15) is 0 Å². The molecule has 0 bridgehead atoms. The molecule has 2 nitrogen and oxygen atoms in total. The van der Waals surface area contributed by atoms with E-state index in [0.29, 0.717) is 0 Å². The molecule has 0 unspecified atom stereocenters. The maximum Gasteiger partial charge on any atom is 0.138 e. The number of benzene rings is 9. The fourth-order valence-corrected chi connectivity index (χ4v) is 7.78. The average Bonchev–Trinajstić information content (AvgIpc) is 3.65. The summed E-state index contributed by atoms with van der Waals surface area (Å²) in [6.07, 6.45) is 0. The number of aromatic nitrogens is 2.